The predicted molar refractivity (Wildman–Crippen MR) is 63.8 cm³/mol. The quantitative estimate of drug-likeness (QED) is 0.492. The molecule has 0 aliphatic rings. The number of carbonyl (C=O) groups excluding carboxylic acids is 2. The van der Waals surface area contributed by atoms with Crippen LogP contribution >= 0.6 is 0 Å². The fourth-order valence-electron chi connectivity index (χ4n) is 1.22. The van der Waals surface area contributed by atoms with E-state index in [1.54, 1.807) is 0 Å². The number of nitrogens with one attached hydrogen (secondary N) is 2. The highest BCUT2D eigenvalue weighted by atomic mass is 16.2. The molecule has 0 saturated heterocycles. The zero-order valence-electron chi connectivity index (χ0n) is 10.2. The Labute approximate surface area is 97.2 Å². The van der Waals surface area contributed by atoms with Gasteiger partial charge in [0.15, 0.2) is 0 Å². The van der Waals surface area contributed by atoms with Crippen LogP contribution in [-0.4, -0.2) is 30.9 Å². The molecular formula is C11H23N3O2. The maximum absolute atomic E-state index is 11.3. The van der Waals surface area contributed by atoms with E-state index in [0.717, 1.165) is 13.0 Å². The lowest BCUT2D eigenvalue weighted by Gasteiger charge is -2.07. The van der Waals surface area contributed by atoms with E-state index in [2.05, 4.69) is 24.5 Å². The first-order valence-electron chi connectivity index (χ1n) is 5.80. The Balaban J connectivity index is 3.28. The topological polar surface area (TPSA) is 84.2 Å². The van der Waals surface area contributed by atoms with Gasteiger partial charge in [-0.05, 0) is 19.4 Å². The van der Waals surface area contributed by atoms with Crippen LogP contribution in [-0.2, 0) is 9.59 Å². The molecule has 0 aromatic rings. The first-order chi connectivity index (χ1) is 7.52. The molecule has 0 aliphatic heterocycles. The van der Waals surface area contributed by atoms with Crippen LogP contribution < -0.4 is 16.4 Å². The van der Waals surface area contributed by atoms with Gasteiger partial charge in [-0.15, -0.1) is 0 Å². The Morgan fingerprint density at radius 1 is 1.12 bits per heavy atom. The van der Waals surface area contributed by atoms with Crippen molar-refractivity contribution in [1.29, 1.82) is 0 Å². The van der Waals surface area contributed by atoms with Crippen LogP contribution in [0.3, 0.4) is 0 Å². The lowest BCUT2D eigenvalue weighted by molar-refractivity contribution is -0.122. The molecule has 0 atom stereocenters. The van der Waals surface area contributed by atoms with Gasteiger partial charge in [0.05, 0.1) is 0 Å². The van der Waals surface area contributed by atoms with Crippen molar-refractivity contribution in [2.75, 3.05) is 13.1 Å². The summed E-state index contributed by atoms with van der Waals surface area (Å²) in [5, 5.41) is 5.99. The molecule has 0 fully saturated rings. The molecule has 5 nitrogen and oxygen atoms in total. The van der Waals surface area contributed by atoms with Crippen LogP contribution in [0.15, 0.2) is 0 Å². The number of rotatable bonds is 9. The normalized spacial score (nSPS) is 10.4. The highest BCUT2D eigenvalue weighted by molar-refractivity contribution is 5.76. The maximum atomic E-state index is 11.3. The first kappa shape index (κ1) is 14.9. The van der Waals surface area contributed by atoms with Gasteiger partial charge < -0.3 is 16.4 Å². The zero-order valence-corrected chi connectivity index (χ0v) is 10.2. The van der Waals surface area contributed by atoms with E-state index in [0.29, 0.717) is 31.8 Å². The Hall–Kier alpha value is -1.10. The van der Waals surface area contributed by atoms with Crippen molar-refractivity contribution in [1.82, 2.24) is 10.6 Å². The Morgan fingerprint density at radius 2 is 1.75 bits per heavy atom. The molecule has 0 aromatic heterocycles. The minimum Gasteiger partial charge on any atom is -0.370 e. The van der Waals surface area contributed by atoms with Crippen molar-refractivity contribution >= 4 is 11.8 Å². The third kappa shape index (κ3) is 11.0. The van der Waals surface area contributed by atoms with E-state index in [-0.39, 0.29) is 11.8 Å². The van der Waals surface area contributed by atoms with Gasteiger partial charge in [-0.2, -0.15) is 0 Å². The van der Waals surface area contributed by atoms with Crippen molar-refractivity contribution in [3.63, 3.8) is 0 Å². The highest BCUT2D eigenvalue weighted by Gasteiger charge is 2.01. The number of hydrogen-bond acceptors (Lipinski definition) is 3. The zero-order chi connectivity index (χ0) is 12.4. The number of nitrogens with two attached hydrogens (primary N) is 1. The molecule has 0 bridgehead atoms. The van der Waals surface area contributed by atoms with Gasteiger partial charge in [0.2, 0.25) is 11.8 Å². The molecule has 0 unspecified atom stereocenters. The molecule has 0 heterocycles. The summed E-state index contributed by atoms with van der Waals surface area (Å²) < 4.78 is 0. The Morgan fingerprint density at radius 3 is 2.31 bits per heavy atom. The summed E-state index contributed by atoms with van der Waals surface area (Å²) in [5.74, 6) is -0.287. The van der Waals surface area contributed by atoms with Crippen molar-refractivity contribution in [2.45, 2.75) is 45.6 Å². The molecular weight excluding hydrogens is 206 g/mol. The molecule has 0 aromatic carbocycles. The van der Waals surface area contributed by atoms with Gasteiger partial charge in [-0.1, -0.05) is 13.8 Å². The second kappa shape index (κ2) is 9.15. The lowest BCUT2D eigenvalue weighted by Crippen LogP contribution is -2.28. The third-order valence-electron chi connectivity index (χ3n) is 2.06. The van der Waals surface area contributed by atoms with E-state index in [1.807, 2.05) is 0 Å². The van der Waals surface area contributed by atoms with E-state index >= 15 is 0 Å². The summed E-state index contributed by atoms with van der Waals surface area (Å²) in [4.78, 5) is 21.7. The fraction of sp³-hybridized carbons (Fsp3) is 0.818. The largest absolute Gasteiger partial charge is 0.370 e. The molecule has 0 spiro atoms. The molecule has 0 rings (SSSR count). The van der Waals surface area contributed by atoms with E-state index < -0.39 is 0 Å². The summed E-state index contributed by atoms with van der Waals surface area (Å²) in [5.41, 5.74) is 4.98. The third-order valence-corrected chi connectivity index (χ3v) is 2.06. The predicted octanol–water partition coefficient (Wildman–Crippen LogP) is 0.146. The van der Waals surface area contributed by atoms with Gasteiger partial charge in [-0.3, -0.25) is 9.59 Å². The van der Waals surface area contributed by atoms with Crippen molar-refractivity contribution in [3.05, 3.63) is 0 Å². The van der Waals surface area contributed by atoms with Gasteiger partial charge in [0.1, 0.15) is 0 Å². The number of primary amides is 1. The lowest BCUT2D eigenvalue weighted by atomic mass is 10.2. The summed E-state index contributed by atoms with van der Waals surface area (Å²) in [7, 11) is 0. The van der Waals surface area contributed by atoms with Crippen LogP contribution in [0.5, 0.6) is 0 Å². The number of amides is 2. The minimum absolute atomic E-state index is 0.0371. The van der Waals surface area contributed by atoms with Crippen molar-refractivity contribution < 1.29 is 9.59 Å². The monoisotopic (exact) mass is 229 g/mol. The van der Waals surface area contributed by atoms with Gasteiger partial charge in [0.25, 0.3) is 0 Å². The van der Waals surface area contributed by atoms with Gasteiger partial charge >= 0.3 is 0 Å². The van der Waals surface area contributed by atoms with Gasteiger partial charge in [0, 0.05) is 25.4 Å². The van der Waals surface area contributed by atoms with Crippen LogP contribution in [0.2, 0.25) is 0 Å². The maximum Gasteiger partial charge on any atom is 0.220 e. The minimum atomic E-state index is -0.324. The molecule has 4 N–H and O–H groups in total. The summed E-state index contributed by atoms with van der Waals surface area (Å²) >= 11 is 0. The highest BCUT2D eigenvalue weighted by Crippen LogP contribution is 1.90. The summed E-state index contributed by atoms with van der Waals surface area (Å²) in [6.45, 7) is 5.53. The second-order valence-corrected chi connectivity index (χ2v) is 4.13. The van der Waals surface area contributed by atoms with E-state index in [1.165, 1.54) is 0 Å². The van der Waals surface area contributed by atoms with E-state index in [4.69, 9.17) is 5.73 Å². The molecule has 16 heavy (non-hydrogen) atoms. The second-order valence-electron chi connectivity index (χ2n) is 4.13. The molecule has 94 valence electrons. The van der Waals surface area contributed by atoms with Crippen LogP contribution in [0.25, 0.3) is 0 Å². The number of hydrogen-bond donors (Lipinski definition) is 3. The molecule has 2 amide bonds. The fourth-order valence-corrected chi connectivity index (χ4v) is 1.22. The Bertz CT molecular complexity index is 217. The van der Waals surface area contributed by atoms with Crippen LogP contribution in [0.4, 0.5) is 0 Å². The smallest absolute Gasteiger partial charge is 0.220 e. The van der Waals surface area contributed by atoms with Crippen molar-refractivity contribution in [2.24, 2.45) is 5.73 Å². The van der Waals surface area contributed by atoms with Crippen LogP contribution in [0, 0.1) is 0 Å². The number of carbonyl (C=O) groups is 2. The molecule has 0 aliphatic carbocycles. The molecule has 0 radical (unpaired) electrons. The summed E-state index contributed by atoms with van der Waals surface area (Å²) in [6, 6.07) is 0.457. The summed E-state index contributed by atoms with van der Waals surface area (Å²) in [6.07, 6.45) is 2.30. The molecule has 5 heteroatoms. The van der Waals surface area contributed by atoms with Gasteiger partial charge in [-0.25, -0.2) is 0 Å². The van der Waals surface area contributed by atoms with Crippen LogP contribution in [0.1, 0.15) is 39.5 Å². The average Bonchev–Trinajstić information content (AvgIpc) is 2.19. The first-order valence-corrected chi connectivity index (χ1v) is 5.80. The SMILES string of the molecule is CC(C)NCCCC(=O)NCCCC(N)=O. The van der Waals surface area contributed by atoms with Crippen molar-refractivity contribution in [3.8, 4) is 0 Å². The molecule has 0 saturated carbocycles. The average molecular weight is 229 g/mol. The standard InChI is InChI=1S/C11H23N3O2/c1-9(2)13-7-4-6-11(16)14-8-3-5-10(12)15/h9,13H,3-8H2,1-2H3,(H2,12,15)(H,14,16). The van der Waals surface area contributed by atoms with E-state index in [9.17, 15) is 9.59 Å². The Kier molecular flexibility index (Phi) is 8.52.